The summed E-state index contributed by atoms with van der Waals surface area (Å²) in [7, 11) is 0. The van der Waals surface area contributed by atoms with Crippen LogP contribution >= 0.6 is 0 Å². The van der Waals surface area contributed by atoms with Crippen LogP contribution in [0, 0.1) is 5.82 Å². The fourth-order valence-electron chi connectivity index (χ4n) is 2.11. The van der Waals surface area contributed by atoms with E-state index in [1.54, 1.807) is 24.3 Å². The van der Waals surface area contributed by atoms with Crippen molar-refractivity contribution in [2.45, 2.75) is 25.4 Å². The van der Waals surface area contributed by atoms with E-state index in [0.717, 1.165) is 24.2 Å². The lowest BCUT2D eigenvalue weighted by atomic mass is 10.2. The van der Waals surface area contributed by atoms with Crippen LogP contribution in [0.15, 0.2) is 42.6 Å². The van der Waals surface area contributed by atoms with E-state index in [1.165, 1.54) is 18.3 Å². The van der Waals surface area contributed by atoms with E-state index in [4.69, 9.17) is 4.74 Å². The molecule has 7 heteroatoms. The molecule has 0 atom stereocenters. The number of benzene rings is 1. The van der Waals surface area contributed by atoms with Gasteiger partial charge in [0.2, 0.25) is 0 Å². The van der Waals surface area contributed by atoms with Gasteiger partial charge in [-0.05, 0) is 42.7 Å². The molecular weight excluding hydrogens is 325 g/mol. The molecule has 0 saturated heterocycles. The van der Waals surface area contributed by atoms with Crippen molar-refractivity contribution < 1.29 is 18.7 Å². The second-order valence-corrected chi connectivity index (χ2v) is 5.83. The Labute approximate surface area is 144 Å². The maximum atomic E-state index is 12.8. The fraction of sp³-hybridized carbons (Fsp3) is 0.278. The molecule has 0 spiro atoms. The molecule has 1 saturated carbocycles. The van der Waals surface area contributed by atoms with Gasteiger partial charge in [-0.25, -0.2) is 14.2 Å². The minimum Gasteiger partial charge on any atom is -0.452 e. The molecule has 130 valence electrons. The van der Waals surface area contributed by atoms with E-state index in [2.05, 4.69) is 15.6 Å². The minimum absolute atomic E-state index is 0.236. The number of esters is 1. The summed E-state index contributed by atoms with van der Waals surface area (Å²) in [6.45, 7) is -0.151. The van der Waals surface area contributed by atoms with Crippen molar-refractivity contribution in [2.75, 3.05) is 11.9 Å². The number of nitrogens with one attached hydrogen (secondary N) is 2. The molecule has 2 aromatic rings. The van der Waals surface area contributed by atoms with Crippen LogP contribution in [-0.2, 0) is 16.1 Å². The SMILES string of the molecule is O=C(COC(=O)c1ccc(NC2CC2)nc1)NCc1ccc(F)cc1. The van der Waals surface area contributed by atoms with Crippen LogP contribution in [0.1, 0.15) is 28.8 Å². The summed E-state index contributed by atoms with van der Waals surface area (Å²) in [5.41, 5.74) is 1.04. The van der Waals surface area contributed by atoms with Gasteiger partial charge in [0.1, 0.15) is 11.6 Å². The van der Waals surface area contributed by atoms with Gasteiger partial charge < -0.3 is 15.4 Å². The molecule has 0 bridgehead atoms. The maximum Gasteiger partial charge on any atom is 0.340 e. The monoisotopic (exact) mass is 343 g/mol. The van der Waals surface area contributed by atoms with Gasteiger partial charge >= 0.3 is 5.97 Å². The molecule has 2 N–H and O–H groups in total. The standard InChI is InChI=1S/C18H18FN3O3/c19-14-4-1-12(2-5-14)9-21-17(23)11-25-18(24)13-3-8-16(20-10-13)22-15-6-7-15/h1-5,8,10,15H,6-7,9,11H2,(H,20,22)(H,21,23). The average Bonchev–Trinajstić information content (AvgIpc) is 3.44. The summed E-state index contributed by atoms with van der Waals surface area (Å²) in [5, 5.41) is 5.82. The summed E-state index contributed by atoms with van der Waals surface area (Å²) >= 11 is 0. The number of nitrogens with zero attached hydrogens (tertiary/aromatic N) is 1. The van der Waals surface area contributed by atoms with Gasteiger partial charge in [0.05, 0.1) is 5.56 Å². The normalized spacial score (nSPS) is 13.2. The third-order valence-corrected chi connectivity index (χ3v) is 3.67. The molecule has 0 radical (unpaired) electrons. The highest BCUT2D eigenvalue weighted by atomic mass is 19.1. The van der Waals surface area contributed by atoms with Crippen LogP contribution in [0.2, 0.25) is 0 Å². The lowest BCUT2D eigenvalue weighted by Crippen LogP contribution is -2.28. The van der Waals surface area contributed by atoms with E-state index >= 15 is 0 Å². The number of carbonyl (C=O) groups is 2. The van der Waals surface area contributed by atoms with E-state index in [-0.39, 0.29) is 24.5 Å². The first-order chi connectivity index (χ1) is 12.1. The second-order valence-electron chi connectivity index (χ2n) is 5.83. The number of amides is 1. The highest BCUT2D eigenvalue weighted by Gasteiger charge is 2.21. The molecule has 0 unspecified atom stereocenters. The molecule has 25 heavy (non-hydrogen) atoms. The first kappa shape index (κ1) is 16.9. The van der Waals surface area contributed by atoms with Gasteiger partial charge in [-0.2, -0.15) is 0 Å². The third kappa shape index (κ3) is 5.27. The number of pyridine rings is 1. The summed E-state index contributed by atoms with van der Waals surface area (Å²) in [4.78, 5) is 27.8. The van der Waals surface area contributed by atoms with Gasteiger partial charge in [-0.15, -0.1) is 0 Å². The van der Waals surface area contributed by atoms with E-state index in [9.17, 15) is 14.0 Å². The van der Waals surface area contributed by atoms with Crippen molar-refractivity contribution >= 4 is 17.7 Å². The van der Waals surface area contributed by atoms with E-state index < -0.39 is 11.9 Å². The van der Waals surface area contributed by atoms with Crippen molar-refractivity contribution in [2.24, 2.45) is 0 Å². The Morgan fingerprint density at radius 3 is 2.56 bits per heavy atom. The Morgan fingerprint density at radius 2 is 1.92 bits per heavy atom. The lowest BCUT2D eigenvalue weighted by molar-refractivity contribution is -0.124. The molecule has 1 amide bonds. The molecule has 0 aliphatic heterocycles. The van der Waals surface area contributed by atoms with Crippen molar-refractivity contribution in [3.05, 3.63) is 59.5 Å². The quantitative estimate of drug-likeness (QED) is 0.754. The zero-order valence-electron chi connectivity index (χ0n) is 13.5. The zero-order valence-corrected chi connectivity index (χ0v) is 13.5. The number of ether oxygens (including phenoxy) is 1. The molecule has 1 fully saturated rings. The van der Waals surface area contributed by atoms with Crippen LogP contribution in [0.5, 0.6) is 0 Å². The minimum atomic E-state index is -0.609. The van der Waals surface area contributed by atoms with Crippen molar-refractivity contribution in [1.29, 1.82) is 0 Å². The van der Waals surface area contributed by atoms with Crippen molar-refractivity contribution in [3.8, 4) is 0 Å². The van der Waals surface area contributed by atoms with Gasteiger partial charge in [0, 0.05) is 18.8 Å². The maximum absolute atomic E-state index is 12.8. The van der Waals surface area contributed by atoms with Gasteiger partial charge in [-0.1, -0.05) is 12.1 Å². The fourth-order valence-corrected chi connectivity index (χ4v) is 2.11. The first-order valence-corrected chi connectivity index (χ1v) is 8.01. The molecule has 3 rings (SSSR count). The smallest absolute Gasteiger partial charge is 0.340 e. The van der Waals surface area contributed by atoms with Crippen molar-refractivity contribution in [3.63, 3.8) is 0 Å². The van der Waals surface area contributed by atoms with Crippen LogP contribution in [0.3, 0.4) is 0 Å². The number of anilines is 1. The van der Waals surface area contributed by atoms with Gasteiger partial charge in [0.15, 0.2) is 6.61 Å². The zero-order chi connectivity index (χ0) is 17.6. The first-order valence-electron chi connectivity index (χ1n) is 8.01. The topological polar surface area (TPSA) is 80.3 Å². The molecule has 1 heterocycles. The number of halogens is 1. The predicted molar refractivity (Wildman–Crippen MR) is 89.4 cm³/mol. The number of hydrogen-bond donors (Lipinski definition) is 2. The molecule has 1 aromatic heterocycles. The molecule has 1 aliphatic carbocycles. The average molecular weight is 343 g/mol. The van der Waals surface area contributed by atoms with Crippen molar-refractivity contribution in [1.82, 2.24) is 10.3 Å². The number of rotatable bonds is 7. The van der Waals surface area contributed by atoms with Gasteiger partial charge in [-0.3, -0.25) is 4.79 Å². The Kier molecular flexibility index (Phi) is 5.23. The molecule has 6 nitrogen and oxygen atoms in total. The van der Waals surface area contributed by atoms with Crippen LogP contribution in [-0.4, -0.2) is 29.5 Å². The summed E-state index contributed by atoms with van der Waals surface area (Å²) in [6.07, 6.45) is 3.69. The predicted octanol–water partition coefficient (Wildman–Crippen LogP) is 2.27. The highest BCUT2D eigenvalue weighted by Crippen LogP contribution is 2.23. The summed E-state index contributed by atoms with van der Waals surface area (Å²) < 4.78 is 17.8. The molecule has 1 aliphatic rings. The van der Waals surface area contributed by atoms with Gasteiger partial charge in [0.25, 0.3) is 5.91 Å². The van der Waals surface area contributed by atoms with Crippen LogP contribution in [0.25, 0.3) is 0 Å². The molecule has 1 aromatic carbocycles. The Balaban J connectivity index is 1.41. The lowest BCUT2D eigenvalue weighted by Gasteiger charge is -2.07. The Hall–Kier alpha value is -2.96. The second kappa shape index (κ2) is 7.74. The molecular formula is C18H18FN3O3. The highest BCUT2D eigenvalue weighted by molar-refractivity contribution is 5.91. The number of aromatic nitrogens is 1. The summed E-state index contributed by atoms with van der Waals surface area (Å²) in [5.74, 6) is -0.660. The Bertz CT molecular complexity index is 743. The summed E-state index contributed by atoms with van der Waals surface area (Å²) in [6, 6.07) is 9.58. The van der Waals surface area contributed by atoms with Crippen LogP contribution < -0.4 is 10.6 Å². The Morgan fingerprint density at radius 1 is 1.16 bits per heavy atom. The largest absolute Gasteiger partial charge is 0.452 e. The number of hydrogen-bond acceptors (Lipinski definition) is 5. The third-order valence-electron chi connectivity index (χ3n) is 3.67. The van der Waals surface area contributed by atoms with E-state index in [0.29, 0.717) is 6.04 Å². The van der Waals surface area contributed by atoms with Crippen LogP contribution in [0.4, 0.5) is 10.2 Å². The van der Waals surface area contributed by atoms with E-state index in [1.807, 2.05) is 0 Å². The number of carbonyl (C=O) groups excluding carboxylic acids is 2.